The Labute approximate surface area is 122 Å². The van der Waals surface area contributed by atoms with Gasteiger partial charge in [-0.1, -0.05) is 37.3 Å². The van der Waals surface area contributed by atoms with E-state index in [1.54, 1.807) is 0 Å². The van der Waals surface area contributed by atoms with Crippen molar-refractivity contribution >= 4 is 0 Å². The van der Waals surface area contributed by atoms with Gasteiger partial charge in [-0.05, 0) is 37.3 Å². The van der Waals surface area contributed by atoms with Crippen molar-refractivity contribution in [1.82, 2.24) is 10.2 Å². The van der Waals surface area contributed by atoms with Crippen LogP contribution in [0.3, 0.4) is 0 Å². The number of aliphatic hydroxyl groups is 1. The van der Waals surface area contributed by atoms with E-state index >= 15 is 0 Å². The third kappa shape index (κ3) is 3.05. The van der Waals surface area contributed by atoms with Gasteiger partial charge in [0.15, 0.2) is 0 Å². The first kappa shape index (κ1) is 14.1. The van der Waals surface area contributed by atoms with Crippen molar-refractivity contribution in [2.45, 2.75) is 44.4 Å². The van der Waals surface area contributed by atoms with E-state index in [2.05, 4.69) is 47.5 Å². The summed E-state index contributed by atoms with van der Waals surface area (Å²) in [4.78, 5) is 2.39. The molecule has 2 N–H and O–H groups in total. The summed E-state index contributed by atoms with van der Waals surface area (Å²) in [5.41, 5.74) is 0.797. The van der Waals surface area contributed by atoms with Crippen molar-refractivity contribution in [1.29, 1.82) is 0 Å². The second-order valence-electron chi connectivity index (χ2n) is 6.69. The van der Waals surface area contributed by atoms with Gasteiger partial charge in [0.2, 0.25) is 0 Å². The minimum Gasteiger partial charge on any atom is -0.387 e. The van der Waals surface area contributed by atoms with Crippen LogP contribution in [0.4, 0.5) is 0 Å². The predicted molar refractivity (Wildman–Crippen MR) is 81.5 cm³/mol. The highest BCUT2D eigenvalue weighted by atomic mass is 16.3. The molecule has 0 saturated carbocycles. The van der Waals surface area contributed by atoms with Crippen LogP contribution in [0.25, 0.3) is 0 Å². The first-order chi connectivity index (χ1) is 9.66. The monoisotopic (exact) mass is 274 g/mol. The van der Waals surface area contributed by atoms with Crippen LogP contribution >= 0.6 is 0 Å². The summed E-state index contributed by atoms with van der Waals surface area (Å²) in [7, 11) is 0. The predicted octanol–water partition coefficient (Wildman–Crippen LogP) is 2.01. The van der Waals surface area contributed by atoms with Gasteiger partial charge in [0, 0.05) is 25.7 Å². The van der Waals surface area contributed by atoms with Gasteiger partial charge in [0.25, 0.3) is 0 Å². The molecule has 2 saturated heterocycles. The molecule has 2 fully saturated rings. The van der Waals surface area contributed by atoms with Gasteiger partial charge in [-0.2, -0.15) is 0 Å². The average Bonchev–Trinajstić information content (AvgIpc) is 2.83. The molecule has 2 heterocycles. The summed E-state index contributed by atoms with van der Waals surface area (Å²) in [6.07, 6.45) is 3.24. The first-order valence-electron chi connectivity index (χ1n) is 7.88. The molecule has 2 aliphatic heterocycles. The van der Waals surface area contributed by atoms with E-state index in [1.807, 2.05) is 0 Å². The molecule has 1 aromatic carbocycles. The Morgan fingerprint density at radius 2 is 2.15 bits per heavy atom. The summed E-state index contributed by atoms with van der Waals surface area (Å²) >= 11 is 0. The zero-order valence-corrected chi connectivity index (χ0v) is 12.4. The summed E-state index contributed by atoms with van der Waals surface area (Å²) < 4.78 is 0. The van der Waals surface area contributed by atoms with E-state index in [0.29, 0.717) is 0 Å². The average molecular weight is 274 g/mol. The van der Waals surface area contributed by atoms with Crippen molar-refractivity contribution in [2.75, 3.05) is 19.6 Å². The number of likely N-dealkylation sites (tertiary alicyclic amines) is 1. The molecule has 3 heteroatoms. The van der Waals surface area contributed by atoms with E-state index in [1.165, 1.54) is 12.0 Å². The number of piperidine rings is 1. The maximum atomic E-state index is 11.0. The molecule has 0 aliphatic carbocycles. The van der Waals surface area contributed by atoms with Crippen LogP contribution in [-0.2, 0) is 6.54 Å². The minimum absolute atomic E-state index is 0.270. The summed E-state index contributed by atoms with van der Waals surface area (Å²) in [6, 6.07) is 10.8. The third-order valence-corrected chi connectivity index (χ3v) is 4.92. The molecule has 0 amide bonds. The maximum Gasteiger partial charge on any atom is 0.0938 e. The lowest BCUT2D eigenvalue weighted by Gasteiger charge is -2.38. The van der Waals surface area contributed by atoms with E-state index in [-0.39, 0.29) is 6.04 Å². The molecule has 3 nitrogen and oxygen atoms in total. The largest absolute Gasteiger partial charge is 0.387 e. The topological polar surface area (TPSA) is 35.5 Å². The van der Waals surface area contributed by atoms with E-state index in [9.17, 15) is 5.11 Å². The Kier molecular flexibility index (Phi) is 4.11. The number of nitrogens with zero attached hydrogens (tertiary/aromatic N) is 1. The van der Waals surface area contributed by atoms with E-state index in [4.69, 9.17) is 0 Å². The van der Waals surface area contributed by atoms with Crippen LogP contribution in [0.15, 0.2) is 30.3 Å². The fraction of sp³-hybridized carbons (Fsp3) is 0.647. The van der Waals surface area contributed by atoms with Gasteiger partial charge < -0.3 is 10.4 Å². The SMILES string of the molecule is CC1CCNC(C2(O)CCN(Cc3ccccc3)C2)C1. The van der Waals surface area contributed by atoms with Gasteiger partial charge in [0.05, 0.1) is 5.60 Å². The molecule has 20 heavy (non-hydrogen) atoms. The van der Waals surface area contributed by atoms with Gasteiger partial charge in [0.1, 0.15) is 0 Å². The summed E-state index contributed by atoms with van der Waals surface area (Å²) in [6.45, 7) is 6.09. The molecule has 0 bridgehead atoms. The Morgan fingerprint density at radius 3 is 2.90 bits per heavy atom. The van der Waals surface area contributed by atoms with Crippen molar-refractivity contribution in [2.24, 2.45) is 5.92 Å². The molecule has 0 radical (unpaired) electrons. The van der Waals surface area contributed by atoms with E-state index in [0.717, 1.165) is 44.9 Å². The van der Waals surface area contributed by atoms with Crippen LogP contribution in [0.2, 0.25) is 0 Å². The van der Waals surface area contributed by atoms with Crippen molar-refractivity contribution in [3.63, 3.8) is 0 Å². The standard InChI is InChI=1S/C17H26N2O/c1-14-7-9-18-16(11-14)17(20)8-10-19(13-17)12-15-5-3-2-4-6-15/h2-6,14,16,18,20H,7-13H2,1H3. The van der Waals surface area contributed by atoms with Crippen LogP contribution in [0, 0.1) is 5.92 Å². The van der Waals surface area contributed by atoms with Gasteiger partial charge in [-0.25, -0.2) is 0 Å². The molecule has 2 aliphatic rings. The van der Waals surface area contributed by atoms with Crippen LogP contribution < -0.4 is 5.32 Å². The number of rotatable bonds is 3. The fourth-order valence-corrected chi connectivity index (χ4v) is 3.67. The highest BCUT2D eigenvalue weighted by Crippen LogP contribution is 2.31. The minimum atomic E-state index is -0.538. The normalized spacial score (nSPS) is 35.3. The maximum absolute atomic E-state index is 11.0. The van der Waals surface area contributed by atoms with Gasteiger partial charge >= 0.3 is 0 Å². The molecule has 3 unspecified atom stereocenters. The Hall–Kier alpha value is -0.900. The van der Waals surface area contributed by atoms with E-state index < -0.39 is 5.60 Å². The first-order valence-corrected chi connectivity index (χ1v) is 7.88. The highest BCUT2D eigenvalue weighted by Gasteiger charge is 2.43. The lowest BCUT2D eigenvalue weighted by atomic mass is 9.83. The Balaban J connectivity index is 1.60. The fourth-order valence-electron chi connectivity index (χ4n) is 3.67. The zero-order valence-electron chi connectivity index (χ0n) is 12.4. The zero-order chi connectivity index (χ0) is 14.0. The van der Waals surface area contributed by atoms with Crippen molar-refractivity contribution in [3.05, 3.63) is 35.9 Å². The van der Waals surface area contributed by atoms with Crippen molar-refractivity contribution in [3.8, 4) is 0 Å². The second-order valence-corrected chi connectivity index (χ2v) is 6.69. The number of nitrogens with one attached hydrogen (secondary N) is 1. The molecule has 0 aromatic heterocycles. The lowest BCUT2D eigenvalue weighted by Crippen LogP contribution is -2.55. The molecule has 110 valence electrons. The highest BCUT2D eigenvalue weighted by molar-refractivity contribution is 5.15. The number of hydrogen-bond donors (Lipinski definition) is 2. The molecule has 1 aromatic rings. The molecular formula is C17H26N2O. The van der Waals surface area contributed by atoms with Crippen molar-refractivity contribution < 1.29 is 5.11 Å². The number of β-amino-alcohol motifs (C(OH)–C–C–N with tert-alkyl or cyclic N) is 1. The van der Waals surface area contributed by atoms with Crippen LogP contribution in [0.1, 0.15) is 31.7 Å². The second kappa shape index (κ2) is 5.84. The summed E-state index contributed by atoms with van der Waals surface area (Å²) in [5, 5.41) is 14.5. The number of benzene rings is 1. The lowest BCUT2D eigenvalue weighted by molar-refractivity contribution is -0.00511. The van der Waals surface area contributed by atoms with Crippen LogP contribution in [0.5, 0.6) is 0 Å². The quantitative estimate of drug-likeness (QED) is 0.885. The van der Waals surface area contributed by atoms with Gasteiger partial charge in [-0.15, -0.1) is 0 Å². The molecule has 0 spiro atoms. The summed E-state index contributed by atoms with van der Waals surface area (Å²) in [5.74, 6) is 0.730. The number of hydrogen-bond acceptors (Lipinski definition) is 3. The molecule has 3 atom stereocenters. The smallest absolute Gasteiger partial charge is 0.0938 e. The van der Waals surface area contributed by atoms with Gasteiger partial charge in [-0.3, -0.25) is 4.90 Å². The Bertz CT molecular complexity index is 436. The molecule has 3 rings (SSSR count). The third-order valence-electron chi connectivity index (χ3n) is 4.92. The molecular weight excluding hydrogens is 248 g/mol. The van der Waals surface area contributed by atoms with Crippen LogP contribution in [-0.4, -0.2) is 41.3 Å². The Morgan fingerprint density at radius 1 is 1.35 bits per heavy atom.